The fraction of sp³-hybridized carbons (Fsp3) is 0.682. The molecule has 186 valence electrons. The summed E-state index contributed by atoms with van der Waals surface area (Å²) in [6.07, 6.45) is -2.42. The summed E-state index contributed by atoms with van der Waals surface area (Å²) in [6.45, 7) is 6.07. The van der Waals surface area contributed by atoms with Gasteiger partial charge in [0.2, 0.25) is 10.0 Å². The number of carbonyl (C=O) groups is 1. The van der Waals surface area contributed by atoms with E-state index in [-0.39, 0.29) is 23.5 Å². The molecule has 2 atom stereocenters. The largest absolute Gasteiger partial charge is 0.466 e. The number of sulfonamides is 1. The highest BCUT2D eigenvalue weighted by atomic mass is 32.2. The van der Waals surface area contributed by atoms with Crippen molar-refractivity contribution in [3.8, 4) is 0 Å². The number of halogens is 3. The molecule has 1 heterocycles. The molecule has 1 N–H and O–H groups in total. The van der Waals surface area contributed by atoms with Crippen LogP contribution in [-0.4, -0.2) is 73.7 Å². The fourth-order valence-electron chi connectivity index (χ4n) is 4.51. The van der Waals surface area contributed by atoms with Crippen LogP contribution in [0, 0.1) is 5.41 Å². The molecular weight excluding hydrogens is 461 g/mol. The Bertz CT molecular complexity index is 959. The number of hydrogen-bond acceptors (Lipinski definition) is 6. The van der Waals surface area contributed by atoms with Gasteiger partial charge < -0.3 is 9.84 Å². The van der Waals surface area contributed by atoms with Crippen molar-refractivity contribution in [3.63, 3.8) is 0 Å². The van der Waals surface area contributed by atoms with Crippen molar-refractivity contribution in [3.05, 3.63) is 29.8 Å². The molecule has 1 aromatic rings. The topological polar surface area (TPSA) is 87.2 Å². The van der Waals surface area contributed by atoms with E-state index in [0.29, 0.717) is 33.2 Å². The van der Waals surface area contributed by atoms with Crippen molar-refractivity contribution in [2.75, 3.05) is 32.8 Å². The SMILES string of the molecule is CCOC(=O)C1(CN2CCN(S(=O)(=O)c3ccc(C(C)(O)C(F)(F)F)cc3)C(C)C2)CCC1. The Kier molecular flexibility index (Phi) is 7.20. The van der Waals surface area contributed by atoms with Gasteiger partial charge in [0.1, 0.15) is 0 Å². The molecule has 1 aliphatic heterocycles. The molecule has 0 radical (unpaired) electrons. The van der Waals surface area contributed by atoms with Gasteiger partial charge in [0.15, 0.2) is 5.60 Å². The number of carbonyl (C=O) groups excluding carboxylic acids is 1. The van der Waals surface area contributed by atoms with Gasteiger partial charge in [-0.1, -0.05) is 18.6 Å². The molecular formula is C22H31F3N2O5S. The lowest BCUT2D eigenvalue weighted by atomic mass is 9.68. The number of aliphatic hydroxyl groups is 1. The first-order chi connectivity index (χ1) is 15.2. The van der Waals surface area contributed by atoms with Gasteiger partial charge in [-0.2, -0.15) is 17.5 Å². The van der Waals surface area contributed by atoms with Crippen LogP contribution in [0.25, 0.3) is 0 Å². The molecule has 11 heteroatoms. The third-order valence-electron chi connectivity index (χ3n) is 6.77. The summed E-state index contributed by atoms with van der Waals surface area (Å²) in [5.74, 6) is -0.200. The van der Waals surface area contributed by atoms with E-state index < -0.39 is 32.8 Å². The van der Waals surface area contributed by atoms with Crippen LogP contribution in [0.2, 0.25) is 0 Å². The van der Waals surface area contributed by atoms with Crippen molar-refractivity contribution in [1.82, 2.24) is 9.21 Å². The molecule has 33 heavy (non-hydrogen) atoms. The zero-order valence-corrected chi connectivity index (χ0v) is 19.9. The third-order valence-corrected chi connectivity index (χ3v) is 8.80. The molecule has 0 amide bonds. The van der Waals surface area contributed by atoms with E-state index in [9.17, 15) is 31.5 Å². The van der Waals surface area contributed by atoms with Crippen molar-refractivity contribution in [2.24, 2.45) is 5.41 Å². The van der Waals surface area contributed by atoms with Gasteiger partial charge >= 0.3 is 12.1 Å². The lowest BCUT2D eigenvalue weighted by molar-refractivity contribution is -0.258. The number of piperazine rings is 1. The van der Waals surface area contributed by atoms with Crippen molar-refractivity contribution >= 4 is 16.0 Å². The van der Waals surface area contributed by atoms with E-state index in [4.69, 9.17) is 4.74 Å². The molecule has 0 spiro atoms. The van der Waals surface area contributed by atoms with E-state index in [1.54, 1.807) is 13.8 Å². The standard InChI is InChI=1S/C22H31F3N2O5S/c1-4-32-19(28)21(10-5-11-21)15-26-12-13-27(16(2)14-26)33(30,31)18-8-6-17(7-9-18)20(3,29)22(23,24)25/h6-9,16,29H,4-5,10-15H2,1-3H3. The molecule has 1 aliphatic carbocycles. The minimum absolute atomic E-state index is 0.133. The van der Waals surface area contributed by atoms with Crippen molar-refractivity contribution in [2.45, 2.75) is 62.7 Å². The maximum atomic E-state index is 13.2. The lowest BCUT2D eigenvalue weighted by Crippen LogP contribution is -2.58. The molecule has 1 saturated heterocycles. The van der Waals surface area contributed by atoms with Crippen molar-refractivity contribution in [1.29, 1.82) is 0 Å². The van der Waals surface area contributed by atoms with Gasteiger partial charge in [0.25, 0.3) is 0 Å². The molecule has 1 saturated carbocycles. The van der Waals surface area contributed by atoms with Gasteiger partial charge in [-0.3, -0.25) is 9.69 Å². The fourth-order valence-corrected chi connectivity index (χ4v) is 6.12. The Morgan fingerprint density at radius 2 is 1.82 bits per heavy atom. The Morgan fingerprint density at radius 1 is 1.21 bits per heavy atom. The van der Waals surface area contributed by atoms with Gasteiger partial charge in [0, 0.05) is 32.2 Å². The third kappa shape index (κ3) is 4.91. The van der Waals surface area contributed by atoms with Gasteiger partial charge in [-0.05, 0) is 51.3 Å². The van der Waals surface area contributed by atoms with Crippen LogP contribution in [0.1, 0.15) is 45.6 Å². The molecule has 0 bridgehead atoms. The van der Waals surface area contributed by atoms with E-state index in [1.165, 1.54) is 4.31 Å². The number of esters is 1. The quantitative estimate of drug-likeness (QED) is 0.589. The Hall–Kier alpha value is -1.69. The number of benzene rings is 1. The first-order valence-electron chi connectivity index (χ1n) is 11.1. The Morgan fingerprint density at radius 3 is 2.27 bits per heavy atom. The highest BCUT2D eigenvalue weighted by Gasteiger charge is 2.51. The summed E-state index contributed by atoms with van der Waals surface area (Å²) >= 11 is 0. The number of alkyl halides is 3. The van der Waals surface area contributed by atoms with E-state index in [2.05, 4.69) is 4.90 Å². The summed E-state index contributed by atoms with van der Waals surface area (Å²) in [5, 5.41) is 9.80. The highest BCUT2D eigenvalue weighted by Crippen LogP contribution is 2.43. The summed E-state index contributed by atoms with van der Waals surface area (Å²) in [6, 6.07) is 3.77. The van der Waals surface area contributed by atoms with Crippen LogP contribution in [0.3, 0.4) is 0 Å². The summed E-state index contributed by atoms with van der Waals surface area (Å²) in [5.41, 5.74) is -4.04. The number of hydrogen-bond donors (Lipinski definition) is 1. The predicted molar refractivity (Wildman–Crippen MR) is 115 cm³/mol. The smallest absolute Gasteiger partial charge is 0.421 e. The molecule has 2 unspecified atom stereocenters. The van der Waals surface area contributed by atoms with Gasteiger partial charge in [0.05, 0.1) is 16.9 Å². The average Bonchev–Trinajstić information content (AvgIpc) is 2.70. The lowest BCUT2D eigenvalue weighted by Gasteiger charge is -2.46. The van der Waals surface area contributed by atoms with E-state index in [0.717, 1.165) is 43.5 Å². The molecule has 2 aliphatic rings. The van der Waals surface area contributed by atoms with Crippen LogP contribution >= 0.6 is 0 Å². The van der Waals surface area contributed by atoms with E-state index in [1.807, 2.05) is 0 Å². The number of nitrogens with zero attached hydrogens (tertiary/aromatic N) is 2. The second-order valence-electron chi connectivity index (χ2n) is 9.15. The maximum Gasteiger partial charge on any atom is 0.421 e. The van der Waals surface area contributed by atoms with Crippen LogP contribution in [0.5, 0.6) is 0 Å². The highest BCUT2D eigenvalue weighted by molar-refractivity contribution is 7.89. The molecule has 7 nitrogen and oxygen atoms in total. The Labute approximate surface area is 192 Å². The zero-order chi connectivity index (χ0) is 24.7. The van der Waals surface area contributed by atoms with Crippen LogP contribution in [0.4, 0.5) is 13.2 Å². The second-order valence-corrected chi connectivity index (χ2v) is 11.0. The number of rotatable bonds is 7. The summed E-state index contributed by atoms with van der Waals surface area (Å²) < 4.78 is 72.1. The van der Waals surface area contributed by atoms with Crippen molar-refractivity contribution < 1.29 is 36.2 Å². The Balaban J connectivity index is 1.70. The maximum absolute atomic E-state index is 13.2. The minimum atomic E-state index is -4.89. The van der Waals surface area contributed by atoms with Crippen LogP contribution in [0.15, 0.2) is 29.2 Å². The predicted octanol–water partition coefficient (Wildman–Crippen LogP) is 2.88. The first-order valence-corrected chi connectivity index (χ1v) is 12.5. The van der Waals surface area contributed by atoms with E-state index >= 15 is 0 Å². The molecule has 0 aromatic heterocycles. The molecule has 1 aromatic carbocycles. The molecule has 3 rings (SSSR count). The van der Waals surface area contributed by atoms with Crippen LogP contribution in [-0.2, 0) is 25.2 Å². The summed E-state index contributed by atoms with van der Waals surface area (Å²) in [4.78, 5) is 14.4. The minimum Gasteiger partial charge on any atom is -0.466 e. The second kappa shape index (κ2) is 9.16. The summed E-state index contributed by atoms with van der Waals surface area (Å²) in [7, 11) is -3.94. The average molecular weight is 493 g/mol. The normalized spacial score (nSPS) is 24.0. The zero-order valence-electron chi connectivity index (χ0n) is 19.1. The molecule has 2 fully saturated rings. The van der Waals surface area contributed by atoms with Gasteiger partial charge in [-0.15, -0.1) is 0 Å². The first kappa shape index (κ1) is 25.9. The van der Waals surface area contributed by atoms with Crippen LogP contribution < -0.4 is 0 Å². The number of ether oxygens (including phenoxy) is 1. The monoisotopic (exact) mass is 492 g/mol. The van der Waals surface area contributed by atoms with Gasteiger partial charge in [-0.25, -0.2) is 8.42 Å².